The molecule has 1 N–H and O–H groups in total. The van der Waals surface area contributed by atoms with Crippen LogP contribution in [0, 0.1) is 25.6 Å². The van der Waals surface area contributed by atoms with Gasteiger partial charge >= 0.3 is 5.63 Å². The lowest BCUT2D eigenvalue weighted by atomic mass is 9.71. The van der Waals surface area contributed by atoms with Crippen molar-refractivity contribution in [3.05, 3.63) is 74.9 Å². The summed E-state index contributed by atoms with van der Waals surface area (Å²) in [7, 11) is 0. The SMILES string of the molecule is Cc1c(CCC(=O)N2CCC3(O)CCCCC3C2)c(=O)oc2c(C)c(OCc3ccccc3F)ccc12. The van der Waals surface area contributed by atoms with E-state index in [0.717, 1.165) is 36.6 Å². The minimum Gasteiger partial charge on any atom is -0.488 e. The molecule has 2 atom stereocenters. The minimum absolute atomic E-state index is 0.0135. The number of fused-ring (bicyclic) bond motifs is 2. The van der Waals surface area contributed by atoms with Crippen molar-refractivity contribution in [1.29, 1.82) is 0 Å². The van der Waals surface area contributed by atoms with Gasteiger partial charge in [0.2, 0.25) is 5.91 Å². The molecule has 1 aromatic heterocycles. The summed E-state index contributed by atoms with van der Waals surface area (Å²) in [6, 6.07) is 10.1. The highest BCUT2D eigenvalue weighted by atomic mass is 19.1. The number of ether oxygens (including phenoxy) is 1. The molecular formula is C30H34FNO5. The zero-order chi connectivity index (χ0) is 26.2. The van der Waals surface area contributed by atoms with Crippen LogP contribution in [0.2, 0.25) is 0 Å². The number of hydrogen-bond acceptors (Lipinski definition) is 5. The summed E-state index contributed by atoms with van der Waals surface area (Å²) in [5, 5.41) is 11.7. The second-order valence-corrected chi connectivity index (χ2v) is 10.6. The van der Waals surface area contributed by atoms with Gasteiger partial charge in [0.1, 0.15) is 23.8 Å². The zero-order valence-electron chi connectivity index (χ0n) is 21.5. The van der Waals surface area contributed by atoms with E-state index in [1.807, 2.05) is 24.8 Å². The minimum atomic E-state index is -0.624. The van der Waals surface area contributed by atoms with E-state index in [9.17, 15) is 19.1 Å². The number of benzene rings is 2. The number of aryl methyl sites for hydroxylation is 2. The molecule has 0 radical (unpaired) electrons. The van der Waals surface area contributed by atoms with Gasteiger partial charge in [0.05, 0.1) is 5.60 Å². The zero-order valence-corrected chi connectivity index (χ0v) is 21.5. The average Bonchev–Trinajstić information content (AvgIpc) is 2.88. The quantitative estimate of drug-likeness (QED) is 0.463. The van der Waals surface area contributed by atoms with Crippen molar-refractivity contribution in [2.75, 3.05) is 13.1 Å². The van der Waals surface area contributed by atoms with Crippen molar-refractivity contribution in [3.8, 4) is 5.75 Å². The number of hydrogen-bond donors (Lipinski definition) is 1. The predicted octanol–water partition coefficient (Wildman–Crippen LogP) is 5.21. The van der Waals surface area contributed by atoms with E-state index < -0.39 is 11.2 Å². The predicted molar refractivity (Wildman–Crippen MR) is 139 cm³/mol. The summed E-state index contributed by atoms with van der Waals surface area (Å²) in [5.41, 5.74) is 1.78. The Balaban J connectivity index is 1.29. The number of halogens is 1. The number of nitrogens with zero attached hydrogens (tertiary/aromatic N) is 1. The van der Waals surface area contributed by atoms with Gasteiger partial charge in [0.25, 0.3) is 0 Å². The number of rotatable bonds is 6. The lowest BCUT2D eigenvalue weighted by Gasteiger charge is -2.47. The molecule has 2 aromatic carbocycles. The standard InChI is InChI=1S/C30H34FNO5/c1-19-23-10-12-26(36-18-21-7-3-4-9-25(21)31)20(2)28(23)37-29(34)24(19)11-13-27(33)32-16-15-30(35)14-6-5-8-22(30)17-32/h3-4,7,9-10,12,22,35H,5-6,8,11,13-18H2,1-2H3. The van der Waals surface area contributed by atoms with Crippen molar-refractivity contribution < 1.29 is 23.4 Å². The van der Waals surface area contributed by atoms with Crippen LogP contribution in [-0.2, 0) is 17.8 Å². The Hall–Kier alpha value is -3.19. The van der Waals surface area contributed by atoms with Gasteiger partial charge in [-0.1, -0.05) is 31.0 Å². The monoisotopic (exact) mass is 507 g/mol. The fraction of sp³-hybridized carbons (Fsp3) is 0.467. The third-order valence-corrected chi connectivity index (χ3v) is 8.36. The van der Waals surface area contributed by atoms with E-state index in [4.69, 9.17) is 9.15 Å². The Morgan fingerprint density at radius 1 is 1.16 bits per heavy atom. The Bertz CT molecular complexity index is 1380. The van der Waals surface area contributed by atoms with Gasteiger partial charge in [-0.05, 0) is 63.3 Å². The normalized spacial score (nSPS) is 21.6. The summed E-state index contributed by atoms with van der Waals surface area (Å²) in [6.07, 6.45) is 5.09. The topological polar surface area (TPSA) is 80.0 Å². The van der Waals surface area contributed by atoms with E-state index in [2.05, 4.69) is 0 Å². The number of likely N-dealkylation sites (tertiary alicyclic amines) is 1. The number of carbonyl (C=O) groups excluding carboxylic acids is 1. The molecule has 7 heteroatoms. The van der Waals surface area contributed by atoms with Crippen LogP contribution in [0.3, 0.4) is 0 Å². The number of amides is 1. The molecule has 37 heavy (non-hydrogen) atoms. The summed E-state index contributed by atoms with van der Waals surface area (Å²) >= 11 is 0. The summed E-state index contributed by atoms with van der Waals surface area (Å²) in [4.78, 5) is 27.8. The van der Waals surface area contributed by atoms with Gasteiger partial charge in [0, 0.05) is 47.5 Å². The molecule has 1 saturated carbocycles. The van der Waals surface area contributed by atoms with Crippen molar-refractivity contribution in [2.24, 2.45) is 5.92 Å². The molecule has 1 aliphatic heterocycles. The lowest BCUT2D eigenvalue weighted by molar-refractivity contribution is -0.143. The van der Waals surface area contributed by atoms with Crippen molar-refractivity contribution >= 4 is 16.9 Å². The maximum Gasteiger partial charge on any atom is 0.339 e. The van der Waals surface area contributed by atoms with E-state index in [1.165, 1.54) is 6.07 Å². The number of aliphatic hydroxyl groups is 1. The molecule has 2 fully saturated rings. The third-order valence-electron chi connectivity index (χ3n) is 8.36. The van der Waals surface area contributed by atoms with Gasteiger partial charge in [-0.15, -0.1) is 0 Å². The fourth-order valence-corrected chi connectivity index (χ4v) is 5.97. The maximum atomic E-state index is 14.0. The summed E-state index contributed by atoms with van der Waals surface area (Å²) in [6.45, 7) is 4.91. The molecule has 196 valence electrons. The fourth-order valence-electron chi connectivity index (χ4n) is 5.97. The van der Waals surface area contributed by atoms with Crippen LogP contribution in [0.15, 0.2) is 45.6 Å². The van der Waals surface area contributed by atoms with Crippen molar-refractivity contribution in [2.45, 2.75) is 71.0 Å². The molecule has 2 heterocycles. The van der Waals surface area contributed by atoms with E-state index in [0.29, 0.717) is 54.0 Å². The Kier molecular flexibility index (Phi) is 7.08. The second kappa shape index (κ2) is 10.3. The van der Waals surface area contributed by atoms with Gasteiger partial charge in [-0.25, -0.2) is 9.18 Å². The molecule has 1 aliphatic carbocycles. The molecule has 1 saturated heterocycles. The van der Waals surface area contributed by atoms with E-state index >= 15 is 0 Å². The van der Waals surface area contributed by atoms with E-state index in [-0.39, 0.29) is 30.7 Å². The summed E-state index contributed by atoms with van der Waals surface area (Å²) in [5.74, 6) is 0.347. The van der Waals surface area contributed by atoms with Crippen LogP contribution < -0.4 is 10.4 Å². The molecule has 1 amide bonds. The first-order valence-electron chi connectivity index (χ1n) is 13.2. The third kappa shape index (κ3) is 5.01. The first-order valence-corrected chi connectivity index (χ1v) is 13.2. The number of piperidine rings is 1. The van der Waals surface area contributed by atoms with Crippen LogP contribution in [0.5, 0.6) is 5.75 Å². The van der Waals surface area contributed by atoms with Crippen molar-refractivity contribution in [1.82, 2.24) is 4.90 Å². The molecule has 2 aliphatic rings. The van der Waals surface area contributed by atoms with Crippen LogP contribution in [0.25, 0.3) is 11.0 Å². The molecule has 6 nitrogen and oxygen atoms in total. The Morgan fingerprint density at radius 2 is 1.97 bits per heavy atom. The lowest BCUT2D eigenvalue weighted by Crippen LogP contribution is -2.54. The highest BCUT2D eigenvalue weighted by molar-refractivity contribution is 5.86. The first-order chi connectivity index (χ1) is 17.8. The van der Waals surface area contributed by atoms with Crippen LogP contribution in [0.1, 0.15) is 60.8 Å². The van der Waals surface area contributed by atoms with Gasteiger partial charge < -0.3 is 19.2 Å². The molecule has 5 rings (SSSR count). The van der Waals surface area contributed by atoms with Crippen LogP contribution in [-0.4, -0.2) is 34.6 Å². The van der Waals surface area contributed by atoms with Crippen molar-refractivity contribution in [3.63, 3.8) is 0 Å². The Morgan fingerprint density at radius 3 is 2.78 bits per heavy atom. The van der Waals surface area contributed by atoms with E-state index in [1.54, 1.807) is 24.3 Å². The molecule has 0 bridgehead atoms. The average molecular weight is 508 g/mol. The van der Waals surface area contributed by atoms with Crippen LogP contribution >= 0.6 is 0 Å². The maximum absolute atomic E-state index is 14.0. The molecule has 2 unspecified atom stereocenters. The molecule has 0 spiro atoms. The summed E-state index contributed by atoms with van der Waals surface area (Å²) < 4.78 is 25.5. The highest BCUT2D eigenvalue weighted by Crippen LogP contribution is 2.40. The van der Waals surface area contributed by atoms with Gasteiger partial charge in [-0.3, -0.25) is 4.79 Å². The molecular weight excluding hydrogens is 473 g/mol. The van der Waals surface area contributed by atoms with Gasteiger partial charge in [0.15, 0.2) is 0 Å². The molecule has 3 aromatic rings. The first kappa shape index (κ1) is 25.5. The number of carbonyl (C=O) groups is 1. The largest absolute Gasteiger partial charge is 0.488 e. The Labute approximate surface area is 216 Å². The smallest absolute Gasteiger partial charge is 0.339 e. The second-order valence-electron chi connectivity index (χ2n) is 10.6. The highest BCUT2D eigenvalue weighted by Gasteiger charge is 2.43. The van der Waals surface area contributed by atoms with Gasteiger partial charge in [-0.2, -0.15) is 0 Å². The van der Waals surface area contributed by atoms with Crippen LogP contribution in [0.4, 0.5) is 4.39 Å².